The van der Waals surface area contributed by atoms with Gasteiger partial charge >= 0.3 is 5.97 Å². The zero-order valence-electron chi connectivity index (χ0n) is 14.5. The van der Waals surface area contributed by atoms with E-state index in [1.807, 2.05) is 0 Å². The Morgan fingerprint density at radius 2 is 1.89 bits per heavy atom. The van der Waals surface area contributed by atoms with Crippen molar-refractivity contribution in [3.8, 4) is 0 Å². The number of carbonyl (C=O) groups is 1. The molecule has 3 aliphatic rings. The van der Waals surface area contributed by atoms with Crippen LogP contribution in [-0.2, 0) is 19.0 Å². The Kier molecular flexibility index (Phi) is 5.49. The van der Waals surface area contributed by atoms with Gasteiger partial charge in [-0.15, -0.1) is 0 Å². The number of hydrogen-bond acceptors (Lipinski definition) is 10. The number of hydrogen-bond donors (Lipinski definition) is 7. The molecule has 0 bridgehead atoms. The van der Waals surface area contributed by atoms with Crippen LogP contribution in [0.1, 0.15) is 13.3 Å². The third kappa shape index (κ3) is 3.45. The standard InChI is InChI=1S/C16H24O11/c1-16(24)2-6(18)8-5(13(22)23)4-25-14(9(8)16)27-15-12(21)11(20)10(19)7(3-17)26-15/h4,6-12,14-15,17-21,24H,2-3H2,1H3,(H,22,23)/t6?,7-,8-,9+,10-,11-,12-,14?,15+,16-/m1/s1. The summed E-state index contributed by atoms with van der Waals surface area (Å²) in [5.74, 6) is -3.30. The Labute approximate surface area is 154 Å². The molecule has 27 heavy (non-hydrogen) atoms. The lowest BCUT2D eigenvalue weighted by atomic mass is 9.81. The van der Waals surface area contributed by atoms with Crippen molar-refractivity contribution in [2.45, 2.75) is 62.0 Å². The minimum atomic E-state index is -1.69. The molecule has 0 spiro atoms. The van der Waals surface area contributed by atoms with E-state index in [4.69, 9.17) is 14.2 Å². The van der Waals surface area contributed by atoms with Crippen LogP contribution in [0, 0.1) is 11.8 Å². The number of carboxylic acids is 1. The number of fused-ring (bicyclic) bond motifs is 1. The van der Waals surface area contributed by atoms with Crippen LogP contribution < -0.4 is 0 Å². The molecule has 10 atom stereocenters. The summed E-state index contributed by atoms with van der Waals surface area (Å²) < 4.78 is 16.1. The molecule has 0 aromatic carbocycles. The predicted octanol–water partition coefficient (Wildman–Crippen LogP) is -3.12. The lowest BCUT2D eigenvalue weighted by Gasteiger charge is -2.44. The highest BCUT2D eigenvalue weighted by molar-refractivity contribution is 5.87. The Bertz CT molecular complexity index is 603. The van der Waals surface area contributed by atoms with Gasteiger partial charge in [-0.25, -0.2) is 4.79 Å². The van der Waals surface area contributed by atoms with E-state index >= 15 is 0 Å². The maximum atomic E-state index is 11.4. The molecular formula is C16H24O11. The first-order valence-corrected chi connectivity index (χ1v) is 8.53. The topological polar surface area (TPSA) is 186 Å². The number of aliphatic hydroxyl groups is 6. The van der Waals surface area contributed by atoms with E-state index in [1.54, 1.807) is 0 Å². The van der Waals surface area contributed by atoms with Crippen LogP contribution in [0.25, 0.3) is 0 Å². The zero-order valence-corrected chi connectivity index (χ0v) is 14.5. The quantitative estimate of drug-likeness (QED) is 0.256. The average Bonchev–Trinajstić information content (AvgIpc) is 2.85. The van der Waals surface area contributed by atoms with Gasteiger partial charge in [-0.05, 0) is 6.92 Å². The minimum Gasteiger partial charge on any atom is -0.478 e. The maximum absolute atomic E-state index is 11.4. The van der Waals surface area contributed by atoms with Crippen molar-refractivity contribution in [2.75, 3.05) is 6.61 Å². The molecule has 11 nitrogen and oxygen atoms in total. The van der Waals surface area contributed by atoms with E-state index in [0.717, 1.165) is 6.26 Å². The summed E-state index contributed by atoms with van der Waals surface area (Å²) in [4.78, 5) is 11.4. The van der Waals surface area contributed by atoms with Gasteiger partial charge in [0.25, 0.3) is 0 Å². The average molecular weight is 392 g/mol. The highest BCUT2D eigenvalue weighted by atomic mass is 16.8. The Hall–Kier alpha value is -1.31. The molecule has 1 aliphatic carbocycles. The second-order valence-electron chi connectivity index (χ2n) is 7.40. The molecule has 7 N–H and O–H groups in total. The first-order chi connectivity index (χ1) is 12.6. The Morgan fingerprint density at radius 3 is 2.48 bits per heavy atom. The molecule has 2 fully saturated rings. The molecule has 1 saturated heterocycles. The fourth-order valence-corrected chi connectivity index (χ4v) is 4.10. The molecular weight excluding hydrogens is 368 g/mol. The molecule has 1 saturated carbocycles. The Balaban J connectivity index is 1.85. The molecule has 0 amide bonds. The number of ether oxygens (including phenoxy) is 3. The van der Waals surface area contributed by atoms with Crippen LogP contribution in [0.5, 0.6) is 0 Å². The van der Waals surface area contributed by atoms with Crippen LogP contribution in [0.15, 0.2) is 11.8 Å². The molecule has 154 valence electrons. The van der Waals surface area contributed by atoms with Crippen molar-refractivity contribution >= 4 is 5.97 Å². The van der Waals surface area contributed by atoms with Crippen molar-refractivity contribution < 1.29 is 54.8 Å². The van der Waals surface area contributed by atoms with Crippen molar-refractivity contribution in [1.29, 1.82) is 0 Å². The van der Waals surface area contributed by atoms with Gasteiger partial charge in [-0.3, -0.25) is 0 Å². The second-order valence-corrected chi connectivity index (χ2v) is 7.40. The fourth-order valence-electron chi connectivity index (χ4n) is 4.10. The second kappa shape index (κ2) is 7.26. The smallest absolute Gasteiger partial charge is 0.335 e. The van der Waals surface area contributed by atoms with Crippen molar-refractivity contribution in [1.82, 2.24) is 0 Å². The lowest BCUT2D eigenvalue weighted by molar-refractivity contribution is -0.346. The highest BCUT2D eigenvalue weighted by Gasteiger charge is 2.59. The van der Waals surface area contributed by atoms with E-state index in [1.165, 1.54) is 6.92 Å². The first kappa shape index (κ1) is 20.4. The van der Waals surface area contributed by atoms with Gasteiger partial charge in [0.05, 0.1) is 36.1 Å². The first-order valence-electron chi connectivity index (χ1n) is 8.53. The molecule has 0 aromatic rings. The molecule has 0 radical (unpaired) electrons. The zero-order chi connectivity index (χ0) is 20.1. The van der Waals surface area contributed by atoms with E-state index in [2.05, 4.69) is 0 Å². The van der Waals surface area contributed by atoms with Gasteiger partial charge in [0, 0.05) is 12.3 Å². The van der Waals surface area contributed by atoms with Gasteiger partial charge in [0.1, 0.15) is 24.4 Å². The number of aliphatic hydroxyl groups excluding tert-OH is 5. The summed E-state index contributed by atoms with van der Waals surface area (Å²) in [5.41, 5.74) is -1.77. The molecule has 3 rings (SSSR count). The van der Waals surface area contributed by atoms with Crippen LogP contribution in [-0.4, -0.2) is 97.0 Å². The van der Waals surface area contributed by atoms with Gasteiger partial charge in [-0.1, -0.05) is 0 Å². The lowest BCUT2D eigenvalue weighted by Crippen LogP contribution is -2.60. The van der Waals surface area contributed by atoms with Crippen molar-refractivity contribution in [3.05, 3.63) is 11.8 Å². The van der Waals surface area contributed by atoms with Gasteiger partial charge in [0.15, 0.2) is 6.29 Å². The molecule has 2 heterocycles. The van der Waals surface area contributed by atoms with Crippen LogP contribution in [0.4, 0.5) is 0 Å². The van der Waals surface area contributed by atoms with E-state index in [9.17, 15) is 40.5 Å². The summed E-state index contributed by atoms with van der Waals surface area (Å²) in [7, 11) is 0. The summed E-state index contributed by atoms with van der Waals surface area (Å²) in [6.07, 6.45) is -9.34. The predicted molar refractivity (Wildman–Crippen MR) is 83.7 cm³/mol. The van der Waals surface area contributed by atoms with E-state index in [0.29, 0.717) is 0 Å². The molecule has 0 aromatic heterocycles. The third-order valence-electron chi connectivity index (χ3n) is 5.49. The monoisotopic (exact) mass is 392 g/mol. The van der Waals surface area contributed by atoms with Gasteiger partial charge < -0.3 is 50.0 Å². The SMILES string of the molecule is C[C@@]1(O)CC(O)[C@H]2C(C(=O)O)=COC(O[C@@H]3O[C@H](CO)[C@@H](O)[C@@H](O)[C@H]3O)[C@H]21. The molecule has 11 heteroatoms. The normalized spacial score (nSPS) is 49.9. The minimum absolute atomic E-state index is 0.120. The third-order valence-corrected chi connectivity index (χ3v) is 5.49. The summed E-state index contributed by atoms with van der Waals surface area (Å²) >= 11 is 0. The maximum Gasteiger partial charge on any atom is 0.335 e. The van der Waals surface area contributed by atoms with E-state index < -0.39 is 73.1 Å². The van der Waals surface area contributed by atoms with Gasteiger partial charge in [0.2, 0.25) is 6.29 Å². The van der Waals surface area contributed by atoms with Crippen LogP contribution in [0.2, 0.25) is 0 Å². The largest absolute Gasteiger partial charge is 0.478 e. The van der Waals surface area contributed by atoms with Gasteiger partial charge in [-0.2, -0.15) is 0 Å². The summed E-state index contributed by atoms with van der Waals surface area (Å²) in [6.45, 7) is 0.751. The van der Waals surface area contributed by atoms with Crippen LogP contribution in [0.3, 0.4) is 0 Å². The summed E-state index contributed by atoms with van der Waals surface area (Å²) in [5, 5.41) is 69.2. The Morgan fingerprint density at radius 1 is 1.22 bits per heavy atom. The molecule has 2 aliphatic heterocycles. The number of carboxylic acid groups (broad SMARTS) is 1. The van der Waals surface area contributed by atoms with Crippen molar-refractivity contribution in [2.24, 2.45) is 11.8 Å². The number of aliphatic carboxylic acids is 1. The highest BCUT2D eigenvalue weighted by Crippen LogP contribution is 2.49. The van der Waals surface area contributed by atoms with E-state index in [-0.39, 0.29) is 12.0 Å². The number of rotatable bonds is 4. The van der Waals surface area contributed by atoms with Crippen molar-refractivity contribution in [3.63, 3.8) is 0 Å². The fraction of sp³-hybridized carbons (Fsp3) is 0.812. The molecule has 2 unspecified atom stereocenters. The summed E-state index contributed by atoms with van der Waals surface area (Å²) in [6, 6.07) is 0. The van der Waals surface area contributed by atoms with Crippen LogP contribution >= 0.6 is 0 Å².